The summed E-state index contributed by atoms with van der Waals surface area (Å²) in [4.78, 5) is 2.36. The van der Waals surface area contributed by atoms with Crippen molar-refractivity contribution in [3.8, 4) is 0 Å². The first-order valence-electron chi connectivity index (χ1n) is 7.76. The Kier molecular flexibility index (Phi) is 5.97. The summed E-state index contributed by atoms with van der Waals surface area (Å²) in [6.07, 6.45) is -0.478. The molecule has 0 unspecified atom stereocenters. The van der Waals surface area contributed by atoms with Gasteiger partial charge in [-0.05, 0) is 24.2 Å². The molecule has 0 aliphatic rings. The second-order valence-electron chi connectivity index (χ2n) is 5.36. The lowest BCUT2D eigenvalue weighted by Crippen LogP contribution is -2.31. The predicted molar refractivity (Wildman–Crippen MR) is 88.4 cm³/mol. The second-order valence-corrected chi connectivity index (χ2v) is 5.36. The fourth-order valence-electron chi connectivity index (χ4n) is 2.73. The van der Waals surface area contributed by atoms with E-state index in [2.05, 4.69) is 30.9 Å². The van der Waals surface area contributed by atoms with E-state index in [1.165, 1.54) is 5.56 Å². The first-order chi connectivity index (χ1) is 10.3. The van der Waals surface area contributed by atoms with Gasteiger partial charge in [0.25, 0.3) is 0 Å². The van der Waals surface area contributed by atoms with Gasteiger partial charge in [0, 0.05) is 12.5 Å². The highest BCUT2D eigenvalue weighted by molar-refractivity contribution is 5.27. The molecule has 2 aromatic rings. The van der Waals surface area contributed by atoms with E-state index in [9.17, 15) is 5.11 Å². The number of hydrogen-bond acceptors (Lipinski definition) is 2. The standard InChI is InChI=1S/C19H25NO/c1-3-20(4-2)15-18(16-11-7-5-8-12-16)19(21)17-13-9-6-10-14-17/h5-14,18-19,21H,3-4,15H2,1-2H3/t18-,19+/m0/s1. The van der Waals surface area contributed by atoms with Crippen molar-refractivity contribution in [2.45, 2.75) is 25.9 Å². The van der Waals surface area contributed by atoms with E-state index in [1.807, 2.05) is 48.5 Å². The average Bonchev–Trinajstić information content (AvgIpc) is 2.57. The van der Waals surface area contributed by atoms with Gasteiger partial charge in [-0.25, -0.2) is 0 Å². The van der Waals surface area contributed by atoms with Crippen molar-refractivity contribution < 1.29 is 5.11 Å². The molecule has 0 spiro atoms. The smallest absolute Gasteiger partial charge is 0.0870 e. The van der Waals surface area contributed by atoms with Gasteiger partial charge in [0.05, 0.1) is 6.10 Å². The normalized spacial score (nSPS) is 14.1. The van der Waals surface area contributed by atoms with Gasteiger partial charge in [0.1, 0.15) is 0 Å². The van der Waals surface area contributed by atoms with Crippen LogP contribution in [0.5, 0.6) is 0 Å². The molecule has 0 amide bonds. The Bertz CT molecular complexity index is 508. The van der Waals surface area contributed by atoms with E-state index < -0.39 is 6.10 Å². The van der Waals surface area contributed by atoms with Gasteiger partial charge >= 0.3 is 0 Å². The third-order valence-corrected chi connectivity index (χ3v) is 4.10. The van der Waals surface area contributed by atoms with E-state index in [0.29, 0.717) is 0 Å². The molecule has 112 valence electrons. The summed E-state index contributed by atoms with van der Waals surface area (Å²) in [6, 6.07) is 20.3. The quantitative estimate of drug-likeness (QED) is 0.834. The maximum atomic E-state index is 10.8. The van der Waals surface area contributed by atoms with Crippen molar-refractivity contribution in [2.75, 3.05) is 19.6 Å². The van der Waals surface area contributed by atoms with Crippen LogP contribution in [0.2, 0.25) is 0 Å². The Hall–Kier alpha value is -1.64. The zero-order valence-electron chi connectivity index (χ0n) is 12.9. The lowest BCUT2D eigenvalue weighted by atomic mass is 9.88. The zero-order valence-corrected chi connectivity index (χ0v) is 12.9. The summed E-state index contributed by atoms with van der Waals surface area (Å²) in [5.74, 6) is 0.0912. The summed E-state index contributed by atoms with van der Waals surface area (Å²) < 4.78 is 0. The predicted octanol–water partition coefficient (Wildman–Crippen LogP) is 3.85. The van der Waals surface area contributed by atoms with E-state index in [-0.39, 0.29) is 5.92 Å². The fraction of sp³-hybridized carbons (Fsp3) is 0.368. The highest BCUT2D eigenvalue weighted by Crippen LogP contribution is 2.31. The van der Waals surface area contributed by atoms with E-state index in [1.54, 1.807) is 0 Å². The van der Waals surface area contributed by atoms with Gasteiger partial charge < -0.3 is 10.0 Å². The van der Waals surface area contributed by atoms with Crippen molar-refractivity contribution >= 4 is 0 Å². The maximum Gasteiger partial charge on any atom is 0.0870 e. The van der Waals surface area contributed by atoms with Crippen molar-refractivity contribution in [3.05, 3.63) is 71.8 Å². The number of aliphatic hydroxyl groups excluding tert-OH is 1. The van der Waals surface area contributed by atoms with Crippen LogP contribution in [0.15, 0.2) is 60.7 Å². The molecule has 0 heterocycles. The molecule has 0 aromatic heterocycles. The summed E-state index contributed by atoms with van der Waals surface area (Å²) in [5, 5.41) is 10.8. The zero-order chi connectivity index (χ0) is 15.1. The van der Waals surface area contributed by atoms with Crippen LogP contribution < -0.4 is 0 Å². The molecule has 0 radical (unpaired) electrons. The molecule has 2 heteroatoms. The molecule has 0 saturated carbocycles. The minimum Gasteiger partial charge on any atom is -0.388 e. The largest absolute Gasteiger partial charge is 0.388 e. The summed E-state index contributed by atoms with van der Waals surface area (Å²) >= 11 is 0. The van der Waals surface area contributed by atoms with E-state index in [4.69, 9.17) is 0 Å². The van der Waals surface area contributed by atoms with Gasteiger partial charge in [-0.15, -0.1) is 0 Å². The van der Waals surface area contributed by atoms with Crippen LogP contribution in [0.1, 0.15) is 37.0 Å². The van der Waals surface area contributed by atoms with Crippen molar-refractivity contribution in [1.82, 2.24) is 4.90 Å². The van der Waals surface area contributed by atoms with Crippen LogP contribution in [0.25, 0.3) is 0 Å². The van der Waals surface area contributed by atoms with Gasteiger partial charge in [-0.1, -0.05) is 74.5 Å². The molecule has 0 aliphatic carbocycles. The van der Waals surface area contributed by atoms with Gasteiger partial charge in [0.2, 0.25) is 0 Å². The highest BCUT2D eigenvalue weighted by Gasteiger charge is 2.24. The molecular weight excluding hydrogens is 258 g/mol. The Morgan fingerprint density at radius 3 is 1.76 bits per heavy atom. The molecule has 0 saturated heterocycles. The molecule has 0 aliphatic heterocycles. The van der Waals surface area contributed by atoms with Crippen LogP contribution in [0.4, 0.5) is 0 Å². The van der Waals surface area contributed by atoms with Crippen LogP contribution in [-0.4, -0.2) is 29.6 Å². The van der Waals surface area contributed by atoms with Crippen LogP contribution in [-0.2, 0) is 0 Å². The molecule has 0 fully saturated rings. The van der Waals surface area contributed by atoms with E-state index in [0.717, 1.165) is 25.2 Å². The number of rotatable bonds is 7. The number of nitrogens with zero attached hydrogens (tertiary/aromatic N) is 1. The molecule has 21 heavy (non-hydrogen) atoms. The summed E-state index contributed by atoms with van der Waals surface area (Å²) in [6.45, 7) is 7.21. The third-order valence-electron chi connectivity index (χ3n) is 4.10. The Morgan fingerprint density at radius 2 is 1.29 bits per heavy atom. The SMILES string of the molecule is CCN(CC)C[C@@H](c1ccccc1)[C@H](O)c1ccccc1. The molecule has 2 atom stereocenters. The van der Waals surface area contributed by atoms with E-state index >= 15 is 0 Å². The number of aliphatic hydroxyl groups is 1. The molecule has 2 aromatic carbocycles. The van der Waals surface area contributed by atoms with Gasteiger partial charge in [-0.3, -0.25) is 0 Å². The first kappa shape index (κ1) is 15.7. The van der Waals surface area contributed by atoms with Crippen LogP contribution >= 0.6 is 0 Å². The molecule has 2 nitrogen and oxygen atoms in total. The second kappa shape index (κ2) is 7.96. The number of benzene rings is 2. The topological polar surface area (TPSA) is 23.5 Å². The highest BCUT2D eigenvalue weighted by atomic mass is 16.3. The van der Waals surface area contributed by atoms with Gasteiger partial charge in [0.15, 0.2) is 0 Å². The molecule has 0 bridgehead atoms. The summed E-state index contributed by atoms with van der Waals surface area (Å²) in [7, 11) is 0. The Morgan fingerprint density at radius 1 is 0.810 bits per heavy atom. The minimum atomic E-state index is -0.478. The average molecular weight is 283 g/mol. The number of likely N-dealkylation sites (N-methyl/N-ethyl adjacent to an activating group) is 1. The van der Waals surface area contributed by atoms with Crippen LogP contribution in [0.3, 0.4) is 0 Å². The maximum absolute atomic E-state index is 10.8. The number of hydrogen-bond donors (Lipinski definition) is 1. The van der Waals surface area contributed by atoms with Crippen molar-refractivity contribution in [2.24, 2.45) is 0 Å². The molecule has 2 rings (SSSR count). The Labute approximate surface area is 128 Å². The van der Waals surface area contributed by atoms with Crippen molar-refractivity contribution in [1.29, 1.82) is 0 Å². The lowest BCUT2D eigenvalue weighted by Gasteiger charge is -2.29. The minimum absolute atomic E-state index is 0.0912. The fourth-order valence-corrected chi connectivity index (χ4v) is 2.73. The first-order valence-corrected chi connectivity index (χ1v) is 7.76. The Balaban J connectivity index is 2.27. The lowest BCUT2D eigenvalue weighted by molar-refractivity contribution is 0.119. The monoisotopic (exact) mass is 283 g/mol. The summed E-state index contributed by atoms with van der Waals surface area (Å²) in [5.41, 5.74) is 2.18. The van der Waals surface area contributed by atoms with Crippen LogP contribution in [0, 0.1) is 0 Å². The third kappa shape index (κ3) is 4.16. The van der Waals surface area contributed by atoms with Gasteiger partial charge in [-0.2, -0.15) is 0 Å². The molecular formula is C19H25NO. The van der Waals surface area contributed by atoms with Crippen molar-refractivity contribution in [3.63, 3.8) is 0 Å². The molecule has 1 N–H and O–H groups in total.